The highest BCUT2D eigenvalue weighted by molar-refractivity contribution is 5.87. The molecule has 0 saturated heterocycles. The van der Waals surface area contributed by atoms with Crippen molar-refractivity contribution in [3.05, 3.63) is 65.2 Å². The molecule has 2 aromatic carbocycles. The van der Waals surface area contributed by atoms with Crippen LogP contribution in [0.3, 0.4) is 0 Å². The number of carboxylic acid groups (broad SMARTS) is 1. The van der Waals surface area contributed by atoms with E-state index in [1.807, 2.05) is 25.2 Å². The minimum Gasteiger partial charge on any atom is -0.478 e. The summed E-state index contributed by atoms with van der Waals surface area (Å²) in [6.45, 7) is 2.76. The number of benzene rings is 2. The predicted octanol–water partition coefficient (Wildman–Crippen LogP) is 3.33. The molecule has 3 heteroatoms. The maximum atomic E-state index is 10.9. The molecule has 2 aromatic rings. The first-order chi connectivity index (χ1) is 9.08. The molecule has 0 radical (unpaired) electrons. The number of carbonyl (C=O) groups is 1. The second-order valence-electron chi connectivity index (χ2n) is 4.65. The number of aryl methyl sites for hydroxylation is 1. The van der Waals surface area contributed by atoms with E-state index in [1.54, 1.807) is 18.2 Å². The summed E-state index contributed by atoms with van der Waals surface area (Å²) >= 11 is 0. The summed E-state index contributed by atoms with van der Waals surface area (Å²) in [4.78, 5) is 13.1. The molecule has 0 saturated carbocycles. The van der Waals surface area contributed by atoms with Crippen molar-refractivity contribution in [2.24, 2.45) is 0 Å². The minimum absolute atomic E-state index is 0.329. The van der Waals surface area contributed by atoms with Crippen LogP contribution < -0.4 is 4.90 Å². The van der Waals surface area contributed by atoms with Crippen LogP contribution in [0, 0.1) is 6.92 Å². The highest BCUT2D eigenvalue weighted by atomic mass is 16.4. The van der Waals surface area contributed by atoms with Gasteiger partial charge in [0.25, 0.3) is 0 Å². The first kappa shape index (κ1) is 13.1. The Kier molecular flexibility index (Phi) is 3.85. The van der Waals surface area contributed by atoms with E-state index in [0.717, 1.165) is 11.3 Å². The monoisotopic (exact) mass is 255 g/mol. The molecule has 1 N–H and O–H groups in total. The van der Waals surface area contributed by atoms with E-state index in [-0.39, 0.29) is 0 Å². The number of hydrogen-bond donors (Lipinski definition) is 1. The lowest BCUT2D eigenvalue weighted by Crippen LogP contribution is -2.17. The SMILES string of the molecule is Cc1ccccc1N(C)Cc1cccc(C(=O)O)c1. The quantitative estimate of drug-likeness (QED) is 0.911. The topological polar surface area (TPSA) is 40.5 Å². The van der Waals surface area contributed by atoms with Gasteiger partial charge in [-0.3, -0.25) is 0 Å². The van der Waals surface area contributed by atoms with Crippen molar-refractivity contribution >= 4 is 11.7 Å². The Balaban J connectivity index is 2.19. The third kappa shape index (κ3) is 3.13. The van der Waals surface area contributed by atoms with Gasteiger partial charge in [0.2, 0.25) is 0 Å². The van der Waals surface area contributed by atoms with Gasteiger partial charge in [-0.2, -0.15) is 0 Å². The molecule has 0 aliphatic carbocycles. The van der Waals surface area contributed by atoms with Gasteiger partial charge in [0.1, 0.15) is 0 Å². The normalized spacial score (nSPS) is 10.2. The summed E-state index contributed by atoms with van der Waals surface area (Å²) in [5.74, 6) is -0.889. The van der Waals surface area contributed by atoms with Gasteiger partial charge in [0.15, 0.2) is 0 Å². The molecule has 19 heavy (non-hydrogen) atoms. The fraction of sp³-hybridized carbons (Fsp3) is 0.188. The summed E-state index contributed by atoms with van der Waals surface area (Å²) < 4.78 is 0. The van der Waals surface area contributed by atoms with Crippen LogP contribution in [0.1, 0.15) is 21.5 Å². The van der Waals surface area contributed by atoms with Gasteiger partial charge in [0.05, 0.1) is 5.56 Å². The van der Waals surface area contributed by atoms with Crippen molar-refractivity contribution in [1.29, 1.82) is 0 Å². The molecule has 98 valence electrons. The van der Waals surface area contributed by atoms with E-state index in [1.165, 1.54) is 5.56 Å². The Morgan fingerprint density at radius 2 is 1.89 bits per heavy atom. The zero-order chi connectivity index (χ0) is 13.8. The molecule has 0 aliphatic rings. The average molecular weight is 255 g/mol. The summed E-state index contributed by atoms with van der Waals surface area (Å²) in [5.41, 5.74) is 3.68. The van der Waals surface area contributed by atoms with Crippen LogP contribution in [0.25, 0.3) is 0 Å². The number of rotatable bonds is 4. The van der Waals surface area contributed by atoms with E-state index in [0.29, 0.717) is 12.1 Å². The number of para-hydroxylation sites is 1. The molecule has 0 atom stereocenters. The molecule has 0 aliphatic heterocycles. The van der Waals surface area contributed by atoms with Crippen LogP contribution in [-0.4, -0.2) is 18.1 Å². The fourth-order valence-electron chi connectivity index (χ4n) is 2.15. The number of carboxylic acids is 1. The lowest BCUT2D eigenvalue weighted by Gasteiger charge is -2.21. The highest BCUT2D eigenvalue weighted by Crippen LogP contribution is 2.20. The van der Waals surface area contributed by atoms with Crippen molar-refractivity contribution in [3.63, 3.8) is 0 Å². The van der Waals surface area contributed by atoms with E-state index in [4.69, 9.17) is 5.11 Å². The van der Waals surface area contributed by atoms with Gasteiger partial charge >= 0.3 is 5.97 Å². The average Bonchev–Trinajstić information content (AvgIpc) is 2.39. The van der Waals surface area contributed by atoms with Crippen LogP contribution in [0.5, 0.6) is 0 Å². The third-order valence-corrected chi connectivity index (χ3v) is 3.12. The second kappa shape index (κ2) is 5.57. The van der Waals surface area contributed by atoms with Gasteiger partial charge < -0.3 is 10.0 Å². The number of hydrogen-bond acceptors (Lipinski definition) is 2. The van der Waals surface area contributed by atoms with E-state index in [9.17, 15) is 4.79 Å². The van der Waals surface area contributed by atoms with E-state index in [2.05, 4.69) is 24.0 Å². The van der Waals surface area contributed by atoms with Crippen LogP contribution >= 0.6 is 0 Å². The first-order valence-electron chi connectivity index (χ1n) is 6.17. The second-order valence-corrected chi connectivity index (χ2v) is 4.65. The Labute approximate surface area is 113 Å². The van der Waals surface area contributed by atoms with Gasteiger partial charge in [-0.25, -0.2) is 4.79 Å². The molecule has 0 bridgehead atoms. The van der Waals surface area contributed by atoms with E-state index < -0.39 is 5.97 Å². The zero-order valence-corrected chi connectivity index (χ0v) is 11.1. The van der Waals surface area contributed by atoms with Gasteiger partial charge in [0, 0.05) is 19.3 Å². The third-order valence-electron chi connectivity index (χ3n) is 3.12. The maximum Gasteiger partial charge on any atom is 0.335 e. The van der Waals surface area contributed by atoms with Crippen LogP contribution in [0.15, 0.2) is 48.5 Å². The summed E-state index contributed by atoms with van der Waals surface area (Å²) in [5, 5.41) is 8.99. The number of anilines is 1. The van der Waals surface area contributed by atoms with Crippen molar-refractivity contribution in [3.8, 4) is 0 Å². The number of nitrogens with zero attached hydrogens (tertiary/aromatic N) is 1. The Hall–Kier alpha value is -2.29. The molecule has 0 amide bonds. The Morgan fingerprint density at radius 1 is 1.16 bits per heavy atom. The number of aromatic carboxylic acids is 1. The Morgan fingerprint density at radius 3 is 2.58 bits per heavy atom. The molecule has 2 rings (SSSR count). The largest absolute Gasteiger partial charge is 0.478 e. The Bertz CT molecular complexity index is 593. The smallest absolute Gasteiger partial charge is 0.335 e. The van der Waals surface area contributed by atoms with Crippen LogP contribution in [0.4, 0.5) is 5.69 Å². The molecule has 0 unspecified atom stereocenters. The van der Waals surface area contributed by atoms with Gasteiger partial charge in [-0.05, 0) is 36.2 Å². The highest BCUT2D eigenvalue weighted by Gasteiger charge is 2.07. The van der Waals surface area contributed by atoms with E-state index >= 15 is 0 Å². The lowest BCUT2D eigenvalue weighted by molar-refractivity contribution is 0.0696. The van der Waals surface area contributed by atoms with Gasteiger partial charge in [-0.15, -0.1) is 0 Å². The molecule has 0 spiro atoms. The lowest BCUT2D eigenvalue weighted by atomic mass is 10.1. The van der Waals surface area contributed by atoms with Crippen molar-refractivity contribution in [2.45, 2.75) is 13.5 Å². The maximum absolute atomic E-state index is 10.9. The van der Waals surface area contributed by atoms with Crippen molar-refractivity contribution < 1.29 is 9.90 Å². The molecular weight excluding hydrogens is 238 g/mol. The summed E-state index contributed by atoms with van der Waals surface area (Å²) in [6.07, 6.45) is 0. The molecule has 3 nitrogen and oxygen atoms in total. The van der Waals surface area contributed by atoms with Crippen LogP contribution in [-0.2, 0) is 6.54 Å². The molecule has 0 fully saturated rings. The summed E-state index contributed by atoms with van der Waals surface area (Å²) in [7, 11) is 2.01. The predicted molar refractivity (Wildman–Crippen MR) is 76.7 cm³/mol. The van der Waals surface area contributed by atoms with Crippen molar-refractivity contribution in [1.82, 2.24) is 0 Å². The minimum atomic E-state index is -0.889. The summed E-state index contributed by atoms with van der Waals surface area (Å²) in [6, 6.07) is 15.2. The van der Waals surface area contributed by atoms with Gasteiger partial charge in [-0.1, -0.05) is 30.3 Å². The van der Waals surface area contributed by atoms with Crippen LogP contribution in [0.2, 0.25) is 0 Å². The molecule has 0 heterocycles. The first-order valence-corrected chi connectivity index (χ1v) is 6.17. The standard InChI is InChI=1S/C16H17NO2/c1-12-6-3-4-9-15(12)17(2)11-13-7-5-8-14(10-13)16(18)19/h3-10H,11H2,1-2H3,(H,18,19). The molecular formula is C16H17NO2. The fourth-order valence-corrected chi connectivity index (χ4v) is 2.15. The molecule has 0 aromatic heterocycles. The zero-order valence-electron chi connectivity index (χ0n) is 11.1. The van der Waals surface area contributed by atoms with Crippen molar-refractivity contribution in [2.75, 3.05) is 11.9 Å².